The average molecular weight is 418 g/mol. The molecule has 2 heterocycles. The highest BCUT2D eigenvalue weighted by molar-refractivity contribution is 5.78. The Balaban J connectivity index is 1.49. The molecule has 4 rings (SSSR count). The van der Waals surface area contributed by atoms with E-state index in [9.17, 15) is 9.59 Å². The van der Waals surface area contributed by atoms with Gasteiger partial charge in [-0.3, -0.25) is 13.9 Å². The highest BCUT2D eigenvalue weighted by Gasteiger charge is 2.18. The van der Waals surface area contributed by atoms with Crippen LogP contribution in [0.1, 0.15) is 23.4 Å². The first-order chi connectivity index (χ1) is 14.9. The second-order valence-corrected chi connectivity index (χ2v) is 7.88. The number of para-hydroxylation sites is 3. The molecule has 0 unspecified atom stereocenters. The molecule has 0 N–H and O–H groups in total. The molecule has 160 valence electrons. The van der Waals surface area contributed by atoms with Crippen LogP contribution < -0.4 is 5.69 Å². The van der Waals surface area contributed by atoms with E-state index in [0.29, 0.717) is 13.1 Å². The third-order valence-electron chi connectivity index (χ3n) is 5.86. The first-order valence-electron chi connectivity index (χ1n) is 10.4. The van der Waals surface area contributed by atoms with Crippen LogP contribution in [0.4, 0.5) is 0 Å². The Labute approximate surface area is 181 Å². The van der Waals surface area contributed by atoms with Gasteiger partial charge in [-0.25, -0.2) is 9.48 Å². The third kappa shape index (κ3) is 3.79. The molecule has 0 aliphatic rings. The molecule has 31 heavy (non-hydrogen) atoms. The molecule has 2 aromatic carbocycles. The van der Waals surface area contributed by atoms with Gasteiger partial charge in [-0.2, -0.15) is 5.10 Å². The zero-order chi connectivity index (χ0) is 22.1. The number of hydrogen-bond donors (Lipinski definition) is 0. The van der Waals surface area contributed by atoms with Gasteiger partial charge in [0.1, 0.15) is 0 Å². The number of nitrogens with zero attached hydrogens (tertiary/aromatic N) is 5. The second-order valence-electron chi connectivity index (χ2n) is 7.88. The Morgan fingerprint density at radius 2 is 1.65 bits per heavy atom. The molecule has 7 heteroatoms. The predicted octanol–water partition coefficient (Wildman–Crippen LogP) is 3.19. The van der Waals surface area contributed by atoms with Crippen LogP contribution >= 0.6 is 0 Å². The summed E-state index contributed by atoms with van der Waals surface area (Å²) < 4.78 is 5.21. The highest BCUT2D eigenvalue weighted by Crippen LogP contribution is 2.19. The van der Waals surface area contributed by atoms with Gasteiger partial charge < -0.3 is 4.90 Å². The minimum absolute atomic E-state index is 0.00825. The summed E-state index contributed by atoms with van der Waals surface area (Å²) in [5.74, 6) is -0.00825. The molecule has 0 fully saturated rings. The number of benzene rings is 2. The minimum atomic E-state index is -0.104. The van der Waals surface area contributed by atoms with Gasteiger partial charge in [0.15, 0.2) is 0 Å². The van der Waals surface area contributed by atoms with Crippen molar-refractivity contribution in [3.05, 3.63) is 82.0 Å². The van der Waals surface area contributed by atoms with Gasteiger partial charge in [-0.1, -0.05) is 30.3 Å². The molecule has 0 saturated carbocycles. The van der Waals surface area contributed by atoms with Gasteiger partial charge in [-0.05, 0) is 38.1 Å². The lowest BCUT2D eigenvalue weighted by atomic mass is 10.2. The van der Waals surface area contributed by atoms with Crippen molar-refractivity contribution >= 4 is 16.9 Å². The summed E-state index contributed by atoms with van der Waals surface area (Å²) in [5, 5.41) is 4.67. The fourth-order valence-electron chi connectivity index (χ4n) is 4.03. The zero-order valence-corrected chi connectivity index (χ0v) is 18.4. The van der Waals surface area contributed by atoms with E-state index in [0.717, 1.165) is 33.7 Å². The normalized spacial score (nSPS) is 11.2. The molecule has 2 aromatic heterocycles. The number of aryl methyl sites for hydroxylation is 3. The van der Waals surface area contributed by atoms with Gasteiger partial charge in [0.2, 0.25) is 5.91 Å². The van der Waals surface area contributed by atoms with E-state index < -0.39 is 0 Å². The Hall–Kier alpha value is -3.61. The van der Waals surface area contributed by atoms with Crippen LogP contribution in [-0.4, -0.2) is 36.8 Å². The number of carbonyl (C=O) groups is 1. The van der Waals surface area contributed by atoms with Crippen LogP contribution in [0.5, 0.6) is 0 Å². The summed E-state index contributed by atoms with van der Waals surface area (Å²) in [7, 11) is 3.55. The highest BCUT2D eigenvalue weighted by atomic mass is 16.2. The summed E-state index contributed by atoms with van der Waals surface area (Å²) in [6.45, 7) is 4.82. The van der Waals surface area contributed by atoms with Crippen LogP contribution in [0, 0.1) is 13.8 Å². The standard InChI is InChI=1S/C24H27N5O2/c1-17-20(18(2)29(25-17)19-10-6-5-7-11-19)16-26(3)23(30)14-15-28-22-13-9-8-12-21(22)27(4)24(28)31/h5-13H,14-16H2,1-4H3. The first-order valence-corrected chi connectivity index (χ1v) is 10.4. The molecular formula is C24H27N5O2. The van der Waals surface area contributed by atoms with Crippen molar-refractivity contribution in [1.82, 2.24) is 23.8 Å². The van der Waals surface area contributed by atoms with Gasteiger partial charge in [0, 0.05) is 44.9 Å². The van der Waals surface area contributed by atoms with Gasteiger partial charge >= 0.3 is 5.69 Å². The van der Waals surface area contributed by atoms with Crippen molar-refractivity contribution in [1.29, 1.82) is 0 Å². The topological polar surface area (TPSA) is 65.1 Å². The maximum absolute atomic E-state index is 12.9. The Kier molecular flexibility index (Phi) is 5.50. The summed E-state index contributed by atoms with van der Waals surface area (Å²) in [5.41, 5.74) is 5.59. The van der Waals surface area contributed by atoms with Crippen LogP contribution in [0.25, 0.3) is 16.7 Å². The van der Waals surface area contributed by atoms with Crippen molar-refractivity contribution in [2.75, 3.05) is 7.05 Å². The van der Waals surface area contributed by atoms with E-state index in [4.69, 9.17) is 0 Å². The molecular weight excluding hydrogens is 390 g/mol. The van der Waals surface area contributed by atoms with Crippen LogP contribution in [-0.2, 0) is 24.9 Å². The molecule has 0 aliphatic carbocycles. The molecule has 0 aliphatic heterocycles. The monoisotopic (exact) mass is 417 g/mol. The Bertz CT molecular complexity index is 1300. The molecule has 0 radical (unpaired) electrons. The number of amides is 1. The molecule has 0 saturated heterocycles. The van der Waals surface area contributed by atoms with E-state index in [1.807, 2.05) is 73.1 Å². The molecule has 4 aromatic rings. The number of imidazole rings is 1. The smallest absolute Gasteiger partial charge is 0.328 e. The fraction of sp³-hybridized carbons (Fsp3) is 0.292. The minimum Gasteiger partial charge on any atom is -0.341 e. The van der Waals surface area contributed by atoms with Crippen LogP contribution in [0.15, 0.2) is 59.4 Å². The summed E-state index contributed by atoms with van der Waals surface area (Å²) in [6.07, 6.45) is 0.259. The summed E-state index contributed by atoms with van der Waals surface area (Å²) in [6, 6.07) is 17.6. The molecule has 0 spiro atoms. The maximum atomic E-state index is 12.9. The van der Waals surface area contributed by atoms with Crippen molar-refractivity contribution in [3.8, 4) is 5.69 Å². The van der Waals surface area contributed by atoms with E-state index in [1.165, 1.54) is 0 Å². The Morgan fingerprint density at radius 3 is 2.35 bits per heavy atom. The van der Waals surface area contributed by atoms with Crippen molar-refractivity contribution < 1.29 is 4.79 Å². The molecule has 7 nitrogen and oxygen atoms in total. The molecule has 1 amide bonds. The summed E-state index contributed by atoms with van der Waals surface area (Å²) in [4.78, 5) is 27.1. The lowest BCUT2D eigenvalue weighted by molar-refractivity contribution is -0.130. The number of fused-ring (bicyclic) bond motifs is 1. The quantitative estimate of drug-likeness (QED) is 0.484. The molecule has 0 atom stereocenters. The van der Waals surface area contributed by atoms with Crippen molar-refractivity contribution in [3.63, 3.8) is 0 Å². The van der Waals surface area contributed by atoms with Crippen molar-refractivity contribution in [2.45, 2.75) is 33.4 Å². The largest absolute Gasteiger partial charge is 0.341 e. The number of aromatic nitrogens is 4. The van der Waals surface area contributed by atoms with E-state index in [-0.39, 0.29) is 18.0 Å². The van der Waals surface area contributed by atoms with Gasteiger partial charge in [-0.15, -0.1) is 0 Å². The lowest BCUT2D eigenvalue weighted by Gasteiger charge is -2.18. The number of rotatable bonds is 6. The third-order valence-corrected chi connectivity index (χ3v) is 5.86. The second kappa shape index (κ2) is 8.26. The van der Waals surface area contributed by atoms with E-state index >= 15 is 0 Å². The lowest BCUT2D eigenvalue weighted by Crippen LogP contribution is -2.29. The zero-order valence-electron chi connectivity index (χ0n) is 18.4. The fourth-order valence-corrected chi connectivity index (χ4v) is 4.03. The van der Waals surface area contributed by atoms with Gasteiger partial charge in [0.25, 0.3) is 0 Å². The number of hydrogen-bond acceptors (Lipinski definition) is 3. The summed E-state index contributed by atoms with van der Waals surface area (Å²) >= 11 is 0. The SMILES string of the molecule is Cc1nn(-c2ccccc2)c(C)c1CN(C)C(=O)CCn1c(=O)n(C)c2ccccc21. The van der Waals surface area contributed by atoms with Crippen LogP contribution in [0.3, 0.4) is 0 Å². The van der Waals surface area contributed by atoms with E-state index in [2.05, 4.69) is 5.10 Å². The van der Waals surface area contributed by atoms with Crippen molar-refractivity contribution in [2.24, 2.45) is 7.05 Å². The first kappa shape index (κ1) is 20.7. The average Bonchev–Trinajstić information content (AvgIpc) is 3.20. The number of carbonyl (C=O) groups excluding carboxylic acids is 1. The van der Waals surface area contributed by atoms with E-state index in [1.54, 1.807) is 28.1 Å². The maximum Gasteiger partial charge on any atom is 0.328 e. The predicted molar refractivity (Wildman–Crippen MR) is 121 cm³/mol. The molecule has 0 bridgehead atoms. The van der Waals surface area contributed by atoms with Gasteiger partial charge in [0.05, 0.1) is 22.4 Å². The Morgan fingerprint density at radius 1 is 1.00 bits per heavy atom. The van der Waals surface area contributed by atoms with Crippen LogP contribution in [0.2, 0.25) is 0 Å².